The van der Waals surface area contributed by atoms with Gasteiger partial charge in [-0.2, -0.15) is 0 Å². The van der Waals surface area contributed by atoms with E-state index in [1.54, 1.807) is 36.4 Å². The van der Waals surface area contributed by atoms with Crippen LogP contribution >= 0.6 is 0 Å². The molecule has 0 aliphatic rings. The summed E-state index contributed by atoms with van der Waals surface area (Å²) in [6, 6.07) is 26.0. The fourth-order valence-corrected chi connectivity index (χ4v) is 4.26. The first-order chi connectivity index (χ1) is 20.2. The largest absolute Gasteiger partial charge is 0.492 e. The fraction of sp³-hybridized carbons (Fsp3) is 0.265. The van der Waals surface area contributed by atoms with Crippen LogP contribution in [0.2, 0.25) is 0 Å². The van der Waals surface area contributed by atoms with E-state index in [0.717, 1.165) is 22.5 Å². The Hall–Kier alpha value is -4.85. The van der Waals surface area contributed by atoms with Crippen LogP contribution in [0.5, 0.6) is 11.5 Å². The molecule has 1 aromatic heterocycles. The number of anilines is 1. The maximum absolute atomic E-state index is 12.6. The Morgan fingerprint density at radius 2 is 1.55 bits per heavy atom. The van der Waals surface area contributed by atoms with E-state index in [1.807, 2.05) is 73.7 Å². The van der Waals surface area contributed by atoms with E-state index in [-0.39, 0.29) is 12.3 Å². The van der Waals surface area contributed by atoms with Gasteiger partial charge in [-0.3, -0.25) is 9.78 Å². The number of rotatable bonds is 13. The summed E-state index contributed by atoms with van der Waals surface area (Å²) in [6.45, 7) is 4.83. The van der Waals surface area contributed by atoms with Crippen molar-refractivity contribution in [2.24, 2.45) is 0 Å². The van der Waals surface area contributed by atoms with Gasteiger partial charge in [-0.25, -0.2) is 4.79 Å². The molecule has 1 unspecified atom stereocenters. The van der Waals surface area contributed by atoms with Crippen molar-refractivity contribution < 1.29 is 24.2 Å². The Balaban J connectivity index is 1.22. The second kappa shape index (κ2) is 14.2. The van der Waals surface area contributed by atoms with Gasteiger partial charge in [0.05, 0.1) is 24.1 Å². The Morgan fingerprint density at radius 3 is 2.12 bits per heavy atom. The number of aromatic nitrogens is 1. The highest BCUT2D eigenvalue weighted by Crippen LogP contribution is 2.22. The number of benzene rings is 3. The zero-order valence-corrected chi connectivity index (χ0v) is 24.4. The first kappa shape index (κ1) is 30.1. The number of carboxylic acid groups (broad SMARTS) is 1. The molecule has 42 heavy (non-hydrogen) atoms. The Kier molecular flexibility index (Phi) is 10.2. The highest BCUT2D eigenvalue weighted by Gasteiger charge is 2.20. The maximum Gasteiger partial charge on any atom is 0.345 e. The van der Waals surface area contributed by atoms with Crippen molar-refractivity contribution in [3.8, 4) is 22.8 Å². The number of aliphatic carboxylic acids is 1. The zero-order valence-electron chi connectivity index (χ0n) is 24.4. The van der Waals surface area contributed by atoms with Crippen LogP contribution in [0.25, 0.3) is 11.3 Å². The Labute approximate surface area is 246 Å². The lowest BCUT2D eigenvalue weighted by molar-refractivity contribution is -0.145. The molecule has 0 saturated carbocycles. The minimum absolute atomic E-state index is 0.185. The molecule has 0 radical (unpaired) electrons. The average molecular weight is 568 g/mol. The molecule has 4 aromatic rings. The van der Waals surface area contributed by atoms with Crippen LogP contribution in [0.15, 0.2) is 91.1 Å². The molecule has 2 N–H and O–H groups in total. The van der Waals surface area contributed by atoms with Crippen molar-refractivity contribution in [1.29, 1.82) is 0 Å². The minimum atomic E-state index is -1.02. The summed E-state index contributed by atoms with van der Waals surface area (Å²) in [5.74, 6) is 0.331. The molecule has 1 atom stereocenters. The maximum atomic E-state index is 12.6. The second-order valence-electron chi connectivity index (χ2n) is 10.5. The number of hydrogen-bond donors (Lipinski definition) is 2. The summed E-state index contributed by atoms with van der Waals surface area (Å²) < 4.78 is 11.5. The van der Waals surface area contributed by atoms with Gasteiger partial charge < -0.3 is 24.8 Å². The van der Waals surface area contributed by atoms with Crippen LogP contribution in [-0.4, -0.2) is 55.3 Å². The van der Waals surface area contributed by atoms with Gasteiger partial charge in [-0.05, 0) is 65.6 Å². The smallest absolute Gasteiger partial charge is 0.345 e. The number of hydrogen-bond acceptors (Lipinski definition) is 6. The molecule has 0 aliphatic carbocycles. The molecule has 1 amide bonds. The molecule has 8 nitrogen and oxygen atoms in total. The van der Waals surface area contributed by atoms with Crippen molar-refractivity contribution in [2.45, 2.75) is 32.3 Å². The Bertz CT molecular complexity index is 1450. The lowest BCUT2D eigenvalue weighted by Gasteiger charge is -2.16. The van der Waals surface area contributed by atoms with E-state index in [9.17, 15) is 14.7 Å². The van der Waals surface area contributed by atoms with Crippen LogP contribution in [0.4, 0.5) is 5.69 Å². The van der Waals surface area contributed by atoms with E-state index in [4.69, 9.17) is 9.47 Å². The first-order valence-corrected chi connectivity index (χ1v) is 13.9. The van der Waals surface area contributed by atoms with E-state index in [1.165, 1.54) is 5.56 Å². The van der Waals surface area contributed by atoms with Gasteiger partial charge in [0.1, 0.15) is 18.1 Å². The lowest BCUT2D eigenvalue weighted by Crippen LogP contribution is -2.29. The van der Waals surface area contributed by atoms with Crippen molar-refractivity contribution in [2.75, 3.05) is 32.1 Å². The van der Waals surface area contributed by atoms with Gasteiger partial charge in [0.2, 0.25) is 0 Å². The number of carbonyl (C=O) groups excluding carboxylic acids is 1. The second-order valence-corrected chi connectivity index (χ2v) is 10.5. The molecule has 0 spiro atoms. The van der Waals surface area contributed by atoms with Crippen LogP contribution in [0.1, 0.15) is 41.3 Å². The number of nitrogens with zero attached hydrogens (tertiary/aromatic N) is 2. The number of pyridine rings is 1. The SMILES string of the molecule is CC(C)c1ccc(OC(Cc2ccc(OCCNC(=O)c3ccc(-c4ccc(N(C)C)cn4)cc3)cc2)C(=O)O)cc1. The highest BCUT2D eigenvalue weighted by atomic mass is 16.5. The van der Waals surface area contributed by atoms with Gasteiger partial charge in [0.25, 0.3) is 5.91 Å². The van der Waals surface area contributed by atoms with E-state index < -0.39 is 12.1 Å². The number of carboxylic acids is 1. The van der Waals surface area contributed by atoms with Gasteiger partial charge in [-0.15, -0.1) is 0 Å². The van der Waals surface area contributed by atoms with Crippen molar-refractivity contribution >= 4 is 17.6 Å². The molecule has 0 saturated heterocycles. The number of ether oxygens (including phenoxy) is 2. The summed E-state index contributed by atoms with van der Waals surface area (Å²) in [5, 5.41) is 12.5. The molecule has 0 aliphatic heterocycles. The normalized spacial score (nSPS) is 11.5. The molecule has 218 valence electrons. The average Bonchev–Trinajstić information content (AvgIpc) is 3.00. The molecule has 3 aromatic carbocycles. The fourth-order valence-electron chi connectivity index (χ4n) is 4.26. The van der Waals surface area contributed by atoms with Gasteiger partial charge in [-0.1, -0.05) is 50.2 Å². The highest BCUT2D eigenvalue weighted by molar-refractivity contribution is 5.94. The predicted molar refractivity (Wildman–Crippen MR) is 165 cm³/mol. The molecular weight excluding hydrogens is 530 g/mol. The number of carbonyl (C=O) groups is 2. The summed E-state index contributed by atoms with van der Waals surface area (Å²) in [7, 11) is 3.93. The van der Waals surface area contributed by atoms with Crippen molar-refractivity contribution in [3.05, 3.63) is 108 Å². The Morgan fingerprint density at radius 1 is 0.881 bits per heavy atom. The van der Waals surface area contributed by atoms with Gasteiger partial charge >= 0.3 is 5.97 Å². The van der Waals surface area contributed by atoms with Crippen LogP contribution < -0.4 is 19.7 Å². The van der Waals surface area contributed by atoms with E-state index in [0.29, 0.717) is 36.1 Å². The van der Waals surface area contributed by atoms with Crippen LogP contribution in [0.3, 0.4) is 0 Å². The quantitative estimate of drug-likeness (QED) is 0.196. The standard InChI is InChI=1S/C34H37N3O5/c1-23(2)25-11-16-30(17-12-25)42-32(34(39)40)21-24-5-14-29(15-6-24)41-20-19-35-33(38)27-9-7-26(8-10-27)31-18-13-28(22-36-31)37(3)4/h5-18,22-23,32H,19-21H2,1-4H3,(H,35,38)(H,39,40). The molecule has 0 fully saturated rings. The third-order valence-corrected chi connectivity index (χ3v) is 6.81. The molecule has 8 heteroatoms. The van der Waals surface area contributed by atoms with E-state index >= 15 is 0 Å². The van der Waals surface area contributed by atoms with Crippen molar-refractivity contribution in [3.63, 3.8) is 0 Å². The zero-order chi connectivity index (χ0) is 30.1. The minimum Gasteiger partial charge on any atom is -0.492 e. The summed E-state index contributed by atoms with van der Waals surface area (Å²) >= 11 is 0. The molecular formula is C34H37N3O5. The lowest BCUT2D eigenvalue weighted by atomic mass is 10.0. The third kappa shape index (κ3) is 8.33. The molecule has 1 heterocycles. The predicted octanol–water partition coefficient (Wildman–Crippen LogP) is 5.82. The van der Waals surface area contributed by atoms with Crippen LogP contribution in [-0.2, 0) is 11.2 Å². The first-order valence-electron chi connectivity index (χ1n) is 13.9. The molecule has 4 rings (SSSR count). The van der Waals surface area contributed by atoms with E-state index in [2.05, 4.69) is 24.1 Å². The summed E-state index contributed by atoms with van der Waals surface area (Å²) in [4.78, 5) is 30.8. The monoisotopic (exact) mass is 567 g/mol. The number of amides is 1. The third-order valence-electron chi connectivity index (χ3n) is 6.81. The summed E-state index contributed by atoms with van der Waals surface area (Å²) in [5.41, 5.74) is 5.33. The molecule has 0 bridgehead atoms. The van der Waals surface area contributed by atoms with Crippen LogP contribution in [0, 0.1) is 0 Å². The van der Waals surface area contributed by atoms with Gasteiger partial charge in [0, 0.05) is 31.6 Å². The topological polar surface area (TPSA) is 101 Å². The van der Waals surface area contributed by atoms with Crippen molar-refractivity contribution in [1.82, 2.24) is 10.3 Å². The number of nitrogens with one attached hydrogen (secondary N) is 1. The summed E-state index contributed by atoms with van der Waals surface area (Å²) in [6.07, 6.45) is 1.03. The van der Waals surface area contributed by atoms with Gasteiger partial charge in [0.15, 0.2) is 6.10 Å².